The number of ether oxygens (including phenoxy) is 3. The standard InChI is InChI=1S/C41H39NO7/c1-47-38(44)26-48-24-36-28-11-5-12-29(36)20-31-14-7-16-33(40(31)46)22-35-18-8-17-34(21-32-15-6-13-30(19-28)39(32)45)41(35)49-25-37(43)42-23-27-9-3-2-4-10-27/h2-18,45-46H,19-26H2,1H3,(H,42,43). The van der Waals surface area contributed by atoms with Gasteiger partial charge in [0.1, 0.15) is 23.9 Å². The minimum atomic E-state index is -0.469. The lowest BCUT2D eigenvalue weighted by Crippen LogP contribution is -2.28. The summed E-state index contributed by atoms with van der Waals surface area (Å²) >= 11 is 0. The maximum atomic E-state index is 12.9. The molecule has 0 radical (unpaired) electrons. The molecule has 0 unspecified atom stereocenters. The maximum absolute atomic E-state index is 12.9. The van der Waals surface area contributed by atoms with E-state index in [1.54, 1.807) is 0 Å². The normalized spacial score (nSPS) is 12.2. The van der Waals surface area contributed by atoms with Crippen LogP contribution in [0.15, 0.2) is 103 Å². The summed E-state index contributed by atoms with van der Waals surface area (Å²) in [5.41, 5.74) is 8.26. The van der Waals surface area contributed by atoms with E-state index in [0.29, 0.717) is 49.1 Å². The number of nitrogens with one attached hydrogen (secondary N) is 1. The third-order valence-electron chi connectivity index (χ3n) is 8.85. The maximum Gasteiger partial charge on any atom is 0.331 e. The second kappa shape index (κ2) is 15.5. The topological polar surface area (TPSA) is 114 Å². The van der Waals surface area contributed by atoms with Crippen LogP contribution in [0.2, 0.25) is 0 Å². The predicted octanol–water partition coefficient (Wildman–Crippen LogP) is 6.16. The van der Waals surface area contributed by atoms with Crippen LogP contribution in [0.1, 0.15) is 55.6 Å². The fourth-order valence-electron chi connectivity index (χ4n) is 6.27. The minimum Gasteiger partial charge on any atom is -0.507 e. The second-order valence-corrected chi connectivity index (χ2v) is 12.1. The van der Waals surface area contributed by atoms with Crippen molar-refractivity contribution in [2.75, 3.05) is 20.3 Å². The van der Waals surface area contributed by atoms with Gasteiger partial charge in [-0.2, -0.15) is 0 Å². The summed E-state index contributed by atoms with van der Waals surface area (Å²) in [6, 6.07) is 32.8. The number of hydrogen-bond donors (Lipinski definition) is 3. The van der Waals surface area contributed by atoms with Gasteiger partial charge >= 0.3 is 5.97 Å². The Balaban J connectivity index is 1.37. The molecular formula is C41H39NO7. The number of rotatable bonds is 9. The summed E-state index contributed by atoms with van der Waals surface area (Å²) in [5, 5.41) is 26.1. The van der Waals surface area contributed by atoms with Gasteiger partial charge in [0.25, 0.3) is 5.91 Å². The Morgan fingerprint density at radius 1 is 0.612 bits per heavy atom. The molecule has 0 heterocycles. The lowest BCUT2D eigenvalue weighted by Gasteiger charge is -2.20. The molecule has 3 N–H and O–H groups in total. The molecule has 5 aromatic carbocycles. The first-order valence-electron chi connectivity index (χ1n) is 16.3. The van der Waals surface area contributed by atoms with E-state index in [1.807, 2.05) is 103 Å². The third kappa shape index (κ3) is 8.11. The van der Waals surface area contributed by atoms with Gasteiger partial charge in [-0.3, -0.25) is 4.79 Å². The molecule has 0 atom stereocenters. The highest BCUT2D eigenvalue weighted by molar-refractivity contribution is 5.77. The quantitative estimate of drug-likeness (QED) is 0.160. The smallest absolute Gasteiger partial charge is 0.331 e. The zero-order valence-corrected chi connectivity index (χ0v) is 27.4. The first-order chi connectivity index (χ1) is 23.9. The largest absolute Gasteiger partial charge is 0.507 e. The summed E-state index contributed by atoms with van der Waals surface area (Å²) in [6.07, 6.45) is 1.55. The van der Waals surface area contributed by atoms with Crippen LogP contribution in [0.25, 0.3) is 0 Å². The van der Waals surface area contributed by atoms with Crippen LogP contribution in [0, 0.1) is 0 Å². The molecule has 0 spiro atoms. The predicted molar refractivity (Wildman–Crippen MR) is 186 cm³/mol. The SMILES string of the molecule is COC(=O)COCc1c2cccc1Cc1cccc(c1O)Cc1cccc(c1OCC(=O)NCc1ccccc1)Cc1cccc(c1O)C2. The number of carbonyl (C=O) groups is 2. The fourth-order valence-corrected chi connectivity index (χ4v) is 6.27. The minimum absolute atomic E-state index is 0.158. The van der Waals surface area contributed by atoms with E-state index in [1.165, 1.54) is 7.11 Å². The van der Waals surface area contributed by atoms with Crippen LogP contribution in [0.5, 0.6) is 17.2 Å². The van der Waals surface area contributed by atoms with Gasteiger partial charge in [0.2, 0.25) is 0 Å². The van der Waals surface area contributed by atoms with Crippen molar-refractivity contribution in [1.29, 1.82) is 0 Å². The Labute approximate surface area is 285 Å². The number of para-hydroxylation sites is 3. The van der Waals surface area contributed by atoms with Crippen molar-refractivity contribution in [1.82, 2.24) is 5.32 Å². The monoisotopic (exact) mass is 657 g/mol. The first kappa shape index (κ1) is 33.3. The summed E-state index contributed by atoms with van der Waals surface area (Å²) in [7, 11) is 1.32. The lowest BCUT2D eigenvalue weighted by molar-refractivity contribution is -0.146. The van der Waals surface area contributed by atoms with Crippen LogP contribution < -0.4 is 10.1 Å². The second-order valence-electron chi connectivity index (χ2n) is 12.1. The molecule has 8 heteroatoms. The number of amides is 1. The van der Waals surface area contributed by atoms with Crippen molar-refractivity contribution in [3.05, 3.63) is 159 Å². The Morgan fingerprint density at radius 3 is 1.59 bits per heavy atom. The fraction of sp³-hybridized carbons (Fsp3) is 0.220. The molecule has 0 aromatic heterocycles. The number of methoxy groups -OCH3 is 1. The Kier molecular flexibility index (Phi) is 10.6. The molecule has 1 amide bonds. The summed E-state index contributed by atoms with van der Waals surface area (Å²) in [4.78, 5) is 24.7. The summed E-state index contributed by atoms with van der Waals surface area (Å²) in [6.45, 7) is 0.165. The Bertz CT molecular complexity index is 1860. The zero-order chi connectivity index (χ0) is 34.2. The molecule has 5 aromatic rings. The average Bonchev–Trinajstić information content (AvgIpc) is 3.11. The van der Waals surface area contributed by atoms with Crippen molar-refractivity contribution in [2.45, 2.75) is 38.8 Å². The highest BCUT2D eigenvalue weighted by atomic mass is 16.6. The van der Waals surface area contributed by atoms with Crippen molar-refractivity contribution < 1.29 is 34.0 Å². The summed E-state index contributed by atoms with van der Waals surface area (Å²) < 4.78 is 16.8. The molecule has 8 bridgehead atoms. The number of hydrogen-bond acceptors (Lipinski definition) is 7. The highest BCUT2D eigenvalue weighted by Gasteiger charge is 2.20. The van der Waals surface area contributed by atoms with E-state index in [2.05, 4.69) is 5.32 Å². The van der Waals surface area contributed by atoms with Crippen LogP contribution >= 0.6 is 0 Å². The first-order valence-corrected chi connectivity index (χ1v) is 16.3. The third-order valence-corrected chi connectivity index (χ3v) is 8.85. The number of phenolic OH excluding ortho intramolecular Hbond substituents is 2. The van der Waals surface area contributed by atoms with Gasteiger partial charge < -0.3 is 29.7 Å². The molecule has 250 valence electrons. The molecule has 0 saturated heterocycles. The van der Waals surface area contributed by atoms with Gasteiger partial charge in [-0.25, -0.2) is 4.79 Å². The van der Waals surface area contributed by atoms with E-state index in [4.69, 9.17) is 14.2 Å². The van der Waals surface area contributed by atoms with Crippen LogP contribution in [-0.2, 0) is 57.9 Å². The van der Waals surface area contributed by atoms with Gasteiger partial charge in [0.15, 0.2) is 6.61 Å². The number of benzene rings is 5. The molecule has 49 heavy (non-hydrogen) atoms. The molecule has 6 rings (SSSR count). The summed E-state index contributed by atoms with van der Waals surface area (Å²) in [5.74, 6) is 0.189. The van der Waals surface area contributed by atoms with E-state index >= 15 is 0 Å². The van der Waals surface area contributed by atoms with Crippen molar-refractivity contribution >= 4 is 11.9 Å². The Morgan fingerprint density at radius 2 is 1.08 bits per heavy atom. The van der Waals surface area contributed by atoms with E-state index < -0.39 is 5.97 Å². The zero-order valence-electron chi connectivity index (χ0n) is 27.4. The number of esters is 1. The van der Waals surface area contributed by atoms with Gasteiger partial charge in [0.05, 0.1) is 13.7 Å². The van der Waals surface area contributed by atoms with Gasteiger partial charge in [-0.05, 0) is 55.6 Å². The molecular weight excluding hydrogens is 618 g/mol. The van der Waals surface area contributed by atoms with Gasteiger partial charge in [0, 0.05) is 32.2 Å². The van der Waals surface area contributed by atoms with E-state index in [0.717, 1.165) is 44.5 Å². The van der Waals surface area contributed by atoms with Crippen molar-refractivity contribution in [3.8, 4) is 17.2 Å². The Hall–Kier alpha value is -5.60. The van der Waals surface area contributed by atoms with Crippen LogP contribution in [0.4, 0.5) is 0 Å². The number of carbonyl (C=O) groups excluding carboxylic acids is 2. The van der Waals surface area contributed by atoms with Crippen molar-refractivity contribution in [2.24, 2.45) is 0 Å². The van der Waals surface area contributed by atoms with E-state index in [-0.39, 0.29) is 37.2 Å². The van der Waals surface area contributed by atoms with E-state index in [9.17, 15) is 19.8 Å². The molecule has 1 aliphatic carbocycles. The number of aromatic hydroxyl groups is 2. The molecule has 0 aliphatic heterocycles. The van der Waals surface area contributed by atoms with Crippen LogP contribution in [-0.4, -0.2) is 42.4 Å². The van der Waals surface area contributed by atoms with Crippen molar-refractivity contribution in [3.63, 3.8) is 0 Å². The molecule has 0 saturated carbocycles. The highest BCUT2D eigenvalue weighted by Crippen LogP contribution is 2.36. The average molecular weight is 658 g/mol. The number of phenols is 2. The van der Waals surface area contributed by atoms with Gasteiger partial charge in [-0.15, -0.1) is 0 Å². The van der Waals surface area contributed by atoms with Gasteiger partial charge in [-0.1, -0.05) is 103 Å². The lowest BCUT2D eigenvalue weighted by atomic mass is 9.89. The molecule has 1 aliphatic rings. The molecule has 8 nitrogen and oxygen atoms in total. The molecule has 0 fully saturated rings. The van der Waals surface area contributed by atoms with Crippen LogP contribution in [0.3, 0.4) is 0 Å². The number of fused-ring (bicyclic) bond motifs is 8.